The molecule has 0 aromatic heterocycles. The molecule has 0 bridgehead atoms. The normalized spacial score (nSPS) is 17.2. The second-order valence-electron chi connectivity index (χ2n) is 4.71. The molecule has 1 fully saturated rings. The fourth-order valence-corrected chi connectivity index (χ4v) is 2.15. The second-order valence-corrected chi connectivity index (χ2v) is 4.71. The quantitative estimate of drug-likeness (QED) is 0.852. The van der Waals surface area contributed by atoms with Gasteiger partial charge < -0.3 is 9.84 Å². The van der Waals surface area contributed by atoms with Crippen molar-refractivity contribution in [3.63, 3.8) is 0 Å². The van der Waals surface area contributed by atoms with Crippen LogP contribution in [0.25, 0.3) is 0 Å². The van der Waals surface area contributed by atoms with E-state index in [0.29, 0.717) is 5.92 Å². The molecule has 1 aliphatic rings. The highest BCUT2D eigenvalue weighted by molar-refractivity contribution is 5.70. The molecular formula is C14H18O3. The number of carboxylic acid groups (broad SMARTS) is 1. The molecular weight excluding hydrogens is 216 g/mol. The number of aliphatic carboxylic acids is 1. The van der Waals surface area contributed by atoms with Gasteiger partial charge in [0, 0.05) is 0 Å². The average Bonchev–Trinajstić information content (AvgIpc) is 2.23. The number of hydrogen-bond donors (Lipinski definition) is 1. The highest BCUT2D eigenvalue weighted by Crippen LogP contribution is 2.34. The molecule has 0 spiro atoms. The summed E-state index contributed by atoms with van der Waals surface area (Å²) in [5.74, 6) is 0.00114. The molecule has 17 heavy (non-hydrogen) atoms. The second kappa shape index (κ2) is 5.21. The van der Waals surface area contributed by atoms with Crippen LogP contribution in [0, 0.1) is 18.8 Å². The first-order valence-electron chi connectivity index (χ1n) is 6.09. The van der Waals surface area contributed by atoms with Gasteiger partial charge in [-0.25, -0.2) is 0 Å². The molecule has 2 rings (SSSR count). The number of rotatable bonds is 5. The lowest BCUT2D eigenvalue weighted by molar-refractivity contribution is -0.146. The monoisotopic (exact) mass is 234 g/mol. The summed E-state index contributed by atoms with van der Waals surface area (Å²) >= 11 is 0. The van der Waals surface area contributed by atoms with Crippen LogP contribution < -0.4 is 4.74 Å². The molecule has 0 saturated heterocycles. The molecule has 3 heteroatoms. The van der Waals surface area contributed by atoms with Crippen LogP contribution in [0.3, 0.4) is 0 Å². The van der Waals surface area contributed by atoms with Crippen LogP contribution in [-0.4, -0.2) is 17.7 Å². The van der Waals surface area contributed by atoms with Crippen molar-refractivity contribution in [1.29, 1.82) is 0 Å². The maximum absolute atomic E-state index is 11.2. The van der Waals surface area contributed by atoms with E-state index < -0.39 is 5.97 Å². The van der Waals surface area contributed by atoms with E-state index >= 15 is 0 Å². The lowest BCUT2D eigenvalue weighted by atomic mass is 9.76. The minimum Gasteiger partial charge on any atom is -0.492 e. The fourth-order valence-electron chi connectivity index (χ4n) is 2.15. The SMILES string of the molecule is Cc1ccccc1OCC(C(=O)O)C1CCC1. The molecule has 1 aliphatic carbocycles. The van der Waals surface area contributed by atoms with Crippen molar-refractivity contribution in [3.8, 4) is 5.75 Å². The molecule has 1 aromatic rings. The predicted molar refractivity (Wildman–Crippen MR) is 65.1 cm³/mol. The van der Waals surface area contributed by atoms with E-state index in [1.165, 1.54) is 0 Å². The highest BCUT2D eigenvalue weighted by Gasteiger charge is 2.33. The average molecular weight is 234 g/mol. The first-order chi connectivity index (χ1) is 8.18. The number of benzene rings is 1. The van der Waals surface area contributed by atoms with Crippen LogP contribution in [0.5, 0.6) is 5.75 Å². The number of hydrogen-bond acceptors (Lipinski definition) is 2. The zero-order chi connectivity index (χ0) is 12.3. The molecule has 0 radical (unpaired) electrons. The molecule has 1 aromatic carbocycles. The third-order valence-corrected chi connectivity index (χ3v) is 3.55. The largest absolute Gasteiger partial charge is 0.492 e. The van der Waals surface area contributed by atoms with Crippen LogP contribution in [0.4, 0.5) is 0 Å². The smallest absolute Gasteiger partial charge is 0.310 e. The Labute approximate surface area is 101 Å². The Morgan fingerprint density at radius 1 is 1.47 bits per heavy atom. The number of ether oxygens (including phenoxy) is 1. The molecule has 1 unspecified atom stereocenters. The van der Waals surface area contributed by atoms with Crippen LogP contribution >= 0.6 is 0 Å². The van der Waals surface area contributed by atoms with Crippen LogP contribution in [-0.2, 0) is 4.79 Å². The predicted octanol–water partition coefficient (Wildman–Crippen LogP) is 2.87. The van der Waals surface area contributed by atoms with Crippen molar-refractivity contribution in [3.05, 3.63) is 29.8 Å². The zero-order valence-corrected chi connectivity index (χ0v) is 10.1. The van der Waals surface area contributed by atoms with E-state index in [9.17, 15) is 9.90 Å². The van der Waals surface area contributed by atoms with E-state index in [-0.39, 0.29) is 12.5 Å². The summed E-state index contributed by atoms with van der Waals surface area (Å²) < 4.78 is 5.64. The molecule has 0 heterocycles. The topological polar surface area (TPSA) is 46.5 Å². The molecule has 0 aliphatic heterocycles. The first-order valence-corrected chi connectivity index (χ1v) is 6.09. The Morgan fingerprint density at radius 2 is 2.18 bits per heavy atom. The summed E-state index contributed by atoms with van der Waals surface area (Å²) in [6.07, 6.45) is 3.20. The number of carboxylic acids is 1. The molecule has 1 atom stereocenters. The van der Waals surface area contributed by atoms with Gasteiger partial charge in [-0.15, -0.1) is 0 Å². The standard InChI is InChI=1S/C14H18O3/c1-10-5-2-3-8-13(10)17-9-12(14(15)16)11-6-4-7-11/h2-3,5,8,11-12H,4,6-7,9H2,1H3,(H,15,16). The summed E-state index contributed by atoms with van der Waals surface area (Å²) in [5.41, 5.74) is 1.05. The number of para-hydroxylation sites is 1. The van der Waals surface area contributed by atoms with Crippen molar-refractivity contribution in [1.82, 2.24) is 0 Å². The molecule has 0 amide bonds. The van der Waals surface area contributed by atoms with Crippen molar-refractivity contribution >= 4 is 5.97 Å². The minimum absolute atomic E-state index is 0.283. The van der Waals surface area contributed by atoms with Crippen LogP contribution in [0.2, 0.25) is 0 Å². The van der Waals surface area contributed by atoms with Gasteiger partial charge >= 0.3 is 5.97 Å². The van der Waals surface area contributed by atoms with Crippen LogP contribution in [0.15, 0.2) is 24.3 Å². The third-order valence-electron chi connectivity index (χ3n) is 3.55. The zero-order valence-electron chi connectivity index (χ0n) is 10.1. The highest BCUT2D eigenvalue weighted by atomic mass is 16.5. The van der Waals surface area contributed by atoms with Gasteiger partial charge in [-0.2, -0.15) is 0 Å². The van der Waals surface area contributed by atoms with E-state index in [1.54, 1.807) is 0 Å². The minimum atomic E-state index is -0.733. The van der Waals surface area contributed by atoms with Gasteiger partial charge in [0.2, 0.25) is 0 Å². The van der Waals surface area contributed by atoms with Crippen LogP contribution in [0.1, 0.15) is 24.8 Å². The Bertz CT molecular complexity index is 396. The summed E-state index contributed by atoms with van der Waals surface area (Å²) in [4.78, 5) is 11.2. The van der Waals surface area contributed by atoms with Crippen molar-refractivity contribution < 1.29 is 14.6 Å². The van der Waals surface area contributed by atoms with E-state index in [0.717, 1.165) is 30.6 Å². The summed E-state index contributed by atoms with van der Waals surface area (Å²) in [5, 5.41) is 9.18. The van der Waals surface area contributed by atoms with Gasteiger partial charge in [0.15, 0.2) is 0 Å². The summed E-state index contributed by atoms with van der Waals surface area (Å²) in [6, 6.07) is 7.70. The number of aryl methyl sites for hydroxylation is 1. The summed E-state index contributed by atoms with van der Waals surface area (Å²) in [7, 11) is 0. The number of carbonyl (C=O) groups is 1. The van der Waals surface area contributed by atoms with Gasteiger partial charge in [0.25, 0.3) is 0 Å². The van der Waals surface area contributed by atoms with E-state index in [4.69, 9.17) is 4.74 Å². The van der Waals surface area contributed by atoms with Gasteiger partial charge in [0.05, 0.1) is 5.92 Å². The Balaban J connectivity index is 1.95. The third kappa shape index (κ3) is 2.78. The van der Waals surface area contributed by atoms with Gasteiger partial charge in [-0.1, -0.05) is 24.6 Å². The Hall–Kier alpha value is -1.51. The maximum Gasteiger partial charge on any atom is 0.310 e. The maximum atomic E-state index is 11.2. The molecule has 3 nitrogen and oxygen atoms in total. The van der Waals surface area contributed by atoms with Crippen molar-refractivity contribution in [2.45, 2.75) is 26.2 Å². The lowest BCUT2D eigenvalue weighted by Gasteiger charge is -2.31. The van der Waals surface area contributed by atoms with Crippen molar-refractivity contribution in [2.24, 2.45) is 11.8 Å². The van der Waals surface area contributed by atoms with E-state index in [2.05, 4.69) is 0 Å². The van der Waals surface area contributed by atoms with Crippen molar-refractivity contribution in [2.75, 3.05) is 6.61 Å². The Morgan fingerprint density at radius 3 is 2.71 bits per heavy atom. The fraction of sp³-hybridized carbons (Fsp3) is 0.500. The van der Waals surface area contributed by atoms with Gasteiger partial charge in [0.1, 0.15) is 12.4 Å². The molecule has 1 saturated carbocycles. The molecule has 1 N–H and O–H groups in total. The van der Waals surface area contributed by atoms with Gasteiger partial charge in [-0.05, 0) is 37.3 Å². The van der Waals surface area contributed by atoms with E-state index in [1.807, 2.05) is 31.2 Å². The van der Waals surface area contributed by atoms with Gasteiger partial charge in [-0.3, -0.25) is 4.79 Å². The summed E-state index contributed by atoms with van der Waals surface area (Å²) in [6.45, 7) is 2.25. The Kier molecular flexibility index (Phi) is 3.67. The first kappa shape index (κ1) is 12.0. The lowest BCUT2D eigenvalue weighted by Crippen LogP contribution is -2.33. The molecule has 92 valence electrons.